The molecule has 104 valence electrons. The predicted octanol–water partition coefficient (Wildman–Crippen LogP) is 2.53. The van der Waals surface area contributed by atoms with Crippen molar-refractivity contribution < 1.29 is 14.7 Å². The Morgan fingerprint density at radius 3 is 2.45 bits per heavy atom. The molecule has 2 N–H and O–H groups in total. The number of carboxylic acids is 1. The SMILES string of the molecule is O=C(Cn1cccn1)Nc1c(Cl)cc(C(=O)O)cc1Cl. The zero-order chi connectivity index (χ0) is 14.7. The van der Waals surface area contributed by atoms with E-state index in [1.807, 2.05) is 0 Å². The zero-order valence-corrected chi connectivity index (χ0v) is 11.5. The van der Waals surface area contributed by atoms with Gasteiger partial charge in [-0.25, -0.2) is 4.79 Å². The minimum absolute atomic E-state index is 0.000337. The molecule has 0 bridgehead atoms. The van der Waals surface area contributed by atoms with E-state index in [1.165, 1.54) is 16.8 Å². The van der Waals surface area contributed by atoms with E-state index in [2.05, 4.69) is 10.4 Å². The maximum Gasteiger partial charge on any atom is 0.335 e. The molecule has 2 rings (SSSR count). The van der Waals surface area contributed by atoms with Gasteiger partial charge in [0.15, 0.2) is 0 Å². The van der Waals surface area contributed by atoms with E-state index in [0.29, 0.717) is 0 Å². The molecule has 1 heterocycles. The number of nitrogens with one attached hydrogen (secondary N) is 1. The van der Waals surface area contributed by atoms with Crippen LogP contribution in [0.3, 0.4) is 0 Å². The van der Waals surface area contributed by atoms with Gasteiger partial charge < -0.3 is 10.4 Å². The monoisotopic (exact) mass is 313 g/mol. The Morgan fingerprint density at radius 1 is 1.30 bits per heavy atom. The molecule has 0 aliphatic carbocycles. The average Bonchev–Trinajstić information content (AvgIpc) is 2.86. The number of benzene rings is 1. The highest BCUT2D eigenvalue weighted by atomic mass is 35.5. The van der Waals surface area contributed by atoms with Gasteiger partial charge in [-0.15, -0.1) is 0 Å². The van der Waals surface area contributed by atoms with Crippen LogP contribution in [0.2, 0.25) is 10.0 Å². The first-order valence-electron chi connectivity index (χ1n) is 5.47. The van der Waals surface area contributed by atoms with Crippen LogP contribution in [-0.4, -0.2) is 26.8 Å². The highest BCUT2D eigenvalue weighted by Gasteiger charge is 2.14. The van der Waals surface area contributed by atoms with E-state index in [1.54, 1.807) is 18.5 Å². The topological polar surface area (TPSA) is 84.2 Å². The minimum atomic E-state index is -1.15. The van der Waals surface area contributed by atoms with E-state index in [9.17, 15) is 9.59 Å². The number of halogens is 2. The summed E-state index contributed by atoms with van der Waals surface area (Å²) in [5, 5.41) is 15.4. The third-order valence-corrected chi connectivity index (χ3v) is 3.01. The van der Waals surface area contributed by atoms with Crippen LogP contribution in [0.1, 0.15) is 10.4 Å². The number of hydrogen-bond acceptors (Lipinski definition) is 3. The number of aromatic nitrogens is 2. The number of anilines is 1. The summed E-state index contributed by atoms with van der Waals surface area (Å²) in [7, 11) is 0. The molecule has 0 unspecified atom stereocenters. The van der Waals surface area contributed by atoms with Gasteiger partial charge in [0, 0.05) is 12.4 Å². The van der Waals surface area contributed by atoms with Crippen molar-refractivity contribution in [1.82, 2.24) is 9.78 Å². The fourth-order valence-electron chi connectivity index (χ4n) is 1.54. The first-order chi connectivity index (χ1) is 9.47. The normalized spacial score (nSPS) is 10.3. The Morgan fingerprint density at radius 2 is 1.95 bits per heavy atom. The number of rotatable bonds is 4. The van der Waals surface area contributed by atoms with Gasteiger partial charge in [-0.3, -0.25) is 9.48 Å². The van der Waals surface area contributed by atoms with Crippen molar-refractivity contribution in [3.05, 3.63) is 46.2 Å². The van der Waals surface area contributed by atoms with Crippen molar-refractivity contribution in [3.63, 3.8) is 0 Å². The summed E-state index contributed by atoms with van der Waals surface area (Å²) in [5.41, 5.74) is 0.126. The molecular weight excluding hydrogens is 305 g/mol. The molecule has 0 spiro atoms. The number of carbonyl (C=O) groups is 2. The Kier molecular flexibility index (Phi) is 4.26. The highest BCUT2D eigenvalue weighted by molar-refractivity contribution is 6.40. The zero-order valence-electron chi connectivity index (χ0n) is 10.0. The molecule has 0 saturated heterocycles. The Bertz CT molecular complexity index is 633. The molecule has 8 heteroatoms. The van der Waals surface area contributed by atoms with Crippen molar-refractivity contribution in [2.24, 2.45) is 0 Å². The standard InChI is InChI=1S/C12H9Cl2N3O3/c13-8-4-7(12(19)20)5-9(14)11(8)16-10(18)6-17-3-1-2-15-17/h1-5H,6H2,(H,16,18)(H,19,20). The maximum atomic E-state index is 11.8. The molecule has 0 radical (unpaired) electrons. The first kappa shape index (κ1) is 14.4. The van der Waals surface area contributed by atoms with Gasteiger partial charge in [-0.2, -0.15) is 5.10 Å². The van der Waals surface area contributed by atoms with Crippen LogP contribution >= 0.6 is 23.2 Å². The van der Waals surface area contributed by atoms with Crippen LogP contribution in [-0.2, 0) is 11.3 Å². The van der Waals surface area contributed by atoms with Crippen molar-refractivity contribution >= 4 is 40.8 Å². The summed E-state index contributed by atoms with van der Waals surface area (Å²) in [6.45, 7) is 0.000337. The largest absolute Gasteiger partial charge is 0.478 e. The van der Waals surface area contributed by atoms with Crippen molar-refractivity contribution in [2.75, 3.05) is 5.32 Å². The molecule has 0 atom stereocenters. The second-order valence-corrected chi connectivity index (χ2v) is 4.69. The van der Waals surface area contributed by atoms with Gasteiger partial charge in [-0.05, 0) is 18.2 Å². The maximum absolute atomic E-state index is 11.8. The average molecular weight is 314 g/mol. The lowest BCUT2D eigenvalue weighted by Gasteiger charge is -2.10. The molecule has 0 saturated carbocycles. The van der Waals surface area contributed by atoms with Gasteiger partial charge >= 0.3 is 5.97 Å². The number of carbonyl (C=O) groups excluding carboxylic acids is 1. The van der Waals surface area contributed by atoms with Crippen LogP contribution in [0.25, 0.3) is 0 Å². The van der Waals surface area contributed by atoms with Gasteiger partial charge in [0.2, 0.25) is 5.91 Å². The van der Waals surface area contributed by atoms with Crippen LogP contribution in [0.5, 0.6) is 0 Å². The van der Waals surface area contributed by atoms with Gasteiger partial charge in [0.25, 0.3) is 0 Å². The number of aromatic carboxylic acids is 1. The first-order valence-corrected chi connectivity index (χ1v) is 6.22. The molecule has 0 fully saturated rings. The van der Waals surface area contributed by atoms with Gasteiger partial charge in [-0.1, -0.05) is 23.2 Å². The Balaban J connectivity index is 2.17. The van der Waals surface area contributed by atoms with Crippen LogP contribution < -0.4 is 5.32 Å². The van der Waals surface area contributed by atoms with Crippen molar-refractivity contribution in [1.29, 1.82) is 0 Å². The number of hydrogen-bond donors (Lipinski definition) is 2. The molecule has 1 aromatic heterocycles. The second-order valence-electron chi connectivity index (χ2n) is 3.87. The molecular formula is C12H9Cl2N3O3. The third-order valence-electron chi connectivity index (χ3n) is 2.42. The Labute approximate surface area is 123 Å². The van der Waals surface area contributed by atoms with Crippen LogP contribution in [0.4, 0.5) is 5.69 Å². The third kappa shape index (κ3) is 3.28. The molecule has 20 heavy (non-hydrogen) atoms. The summed E-state index contributed by atoms with van der Waals surface area (Å²) in [6.07, 6.45) is 3.19. The van der Waals surface area contributed by atoms with E-state index < -0.39 is 5.97 Å². The Hall–Kier alpha value is -2.05. The quantitative estimate of drug-likeness (QED) is 0.908. The molecule has 1 aromatic carbocycles. The second kappa shape index (κ2) is 5.94. The van der Waals surface area contributed by atoms with Crippen LogP contribution in [0.15, 0.2) is 30.6 Å². The molecule has 0 aliphatic heterocycles. The summed E-state index contributed by atoms with van der Waals surface area (Å²) in [5.74, 6) is -1.52. The summed E-state index contributed by atoms with van der Waals surface area (Å²) >= 11 is 11.8. The fourth-order valence-corrected chi connectivity index (χ4v) is 2.12. The van der Waals surface area contributed by atoms with Crippen LogP contribution in [0, 0.1) is 0 Å². The molecule has 6 nitrogen and oxygen atoms in total. The van der Waals surface area contributed by atoms with Gasteiger partial charge in [0.05, 0.1) is 21.3 Å². The predicted molar refractivity (Wildman–Crippen MR) is 74.3 cm³/mol. The fraction of sp³-hybridized carbons (Fsp3) is 0.0833. The van der Waals surface area contributed by atoms with E-state index in [0.717, 1.165) is 0 Å². The van der Waals surface area contributed by atoms with E-state index in [4.69, 9.17) is 28.3 Å². The number of amides is 1. The lowest BCUT2D eigenvalue weighted by atomic mass is 10.2. The van der Waals surface area contributed by atoms with Crippen molar-refractivity contribution in [2.45, 2.75) is 6.54 Å². The lowest BCUT2D eigenvalue weighted by molar-refractivity contribution is -0.116. The molecule has 0 aliphatic rings. The minimum Gasteiger partial charge on any atom is -0.478 e. The summed E-state index contributed by atoms with van der Waals surface area (Å²) < 4.78 is 1.43. The smallest absolute Gasteiger partial charge is 0.335 e. The lowest BCUT2D eigenvalue weighted by Crippen LogP contribution is -2.19. The molecule has 1 amide bonds. The number of carboxylic acid groups (broad SMARTS) is 1. The van der Waals surface area contributed by atoms with Gasteiger partial charge in [0.1, 0.15) is 6.54 Å². The molecule has 2 aromatic rings. The van der Waals surface area contributed by atoms with Crippen molar-refractivity contribution in [3.8, 4) is 0 Å². The summed E-state index contributed by atoms with van der Waals surface area (Å²) in [4.78, 5) is 22.6. The van der Waals surface area contributed by atoms with E-state index in [-0.39, 0.29) is 33.7 Å². The highest BCUT2D eigenvalue weighted by Crippen LogP contribution is 2.31. The summed E-state index contributed by atoms with van der Waals surface area (Å²) in [6, 6.07) is 4.13. The number of nitrogens with zero attached hydrogens (tertiary/aromatic N) is 2. The van der Waals surface area contributed by atoms with E-state index >= 15 is 0 Å².